The van der Waals surface area contributed by atoms with E-state index >= 15 is 0 Å². The van der Waals surface area contributed by atoms with E-state index in [4.69, 9.17) is 16.3 Å². The lowest BCUT2D eigenvalue weighted by atomic mass is 10.0. The van der Waals surface area contributed by atoms with Gasteiger partial charge in [-0.25, -0.2) is 0 Å². The summed E-state index contributed by atoms with van der Waals surface area (Å²) in [5.74, 6) is 0.631. The molecule has 1 saturated heterocycles. The fraction of sp³-hybridized carbons (Fsp3) is 0.400. The molecule has 1 fully saturated rings. The average Bonchev–Trinajstić information content (AvgIpc) is 3.16. The Kier molecular flexibility index (Phi) is 6.74. The number of amides is 2. The molecule has 5 nitrogen and oxygen atoms in total. The number of piperidine rings is 1. The first kappa shape index (κ1) is 19.7. The van der Waals surface area contributed by atoms with Gasteiger partial charge in [-0.3, -0.25) is 9.59 Å². The average molecular weight is 407 g/mol. The first-order chi connectivity index (χ1) is 13.0. The van der Waals surface area contributed by atoms with Crippen LogP contribution in [-0.2, 0) is 16.0 Å². The van der Waals surface area contributed by atoms with Crippen LogP contribution in [-0.4, -0.2) is 41.9 Å². The van der Waals surface area contributed by atoms with Gasteiger partial charge in [0.25, 0.3) is 5.91 Å². The second-order valence-corrected chi connectivity index (χ2v) is 8.11. The Bertz CT molecular complexity index is 756. The highest BCUT2D eigenvalue weighted by atomic mass is 35.5. The number of hydrogen-bond donors (Lipinski definition) is 1. The van der Waals surface area contributed by atoms with Crippen LogP contribution in [0.2, 0.25) is 5.02 Å². The number of carbonyl (C=O) groups excluding carboxylic acids is 2. The van der Waals surface area contributed by atoms with E-state index in [1.54, 1.807) is 42.5 Å². The SMILES string of the molecule is CC(Oc1ccc(Cl)cc1)C(=O)N1CCC(NC(=O)Cc2cccs2)CC1. The molecular formula is C20H23ClN2O3S. The van der Waals surface area contributed by atoms with Crippen molar-refractivity contribution in [1.29, 1.82) is 0 Å². The van der Waals surface area contributed by atoms with E-state index in [0.29, 0.717) is 30.3 Å². The fourth-order valence-corrected chi connectivity index (χ4v) is 3.95. The third-order valence-corrected chi connectivity index (χ3v) is 5.69. The standard InChI is InChI=1S/C20H23ClN2O3S/c1-14(26-17-6-4-15(21)5-7-17)20(25)23-10-8-16(9-11-23)22-19(24)13-18-3-2-12-27-18/h2-7,12,14,16H,8-11,13H2,1H3,(H,22,24). The zero-order valence-corrected chi connectivity index (χ0v) is 16.8. The van der Waals surface area contributed by atoms with Crippen LogP contribution in [0, 0.1) is 0 Å². The minimum Gasteiger partial charge on any atom is -0.481 e. The van der Waals surface area contributed by atoms with Crippen molar-refractivity contribution in [3.05, 3.63) is 51.7 Å². The molecule has 2 aromatic rings. The van der Waals surface area contributed by atoms with Gasteiger partial charge in [0.15, 0.2) is 6.10 Å². The van der Waals surface area contributed by atoms with Crippen molar-refractivity contribution in [2.45, 2.75) is 38.3 Å². The van der Waals surface area contributed by atoms with Crippen LogP contribution in [0.25, 0.3) is 0 Å². The zero-order valence-electron chi connectivity index (χ0n) is 15.2. The lowest BCUT2D eigenvalue weighted by molar-refractivity contribution is -0.139. The molecule has 0 bridgehead atoms. The van der Waals surface area contributed by atoms with E-state index in [1.165, 1.54) is 0 Å². The first-order valence-electron chi connectivity index (χ1n) is 9.04. The maximum Gasteiger partial charge on any atom is 0.263 e. The van der Waals surface area contributed by atoms with Crippen molar-refractivity contribution in [1.82, 2.24) is 10.2 Å². The zero-order chi connectivity index (χ0) is 19.2. The molecular weight excluding hydrogens is 384 g/mol. The molecule has 27 heavy (non-hydrogen) atoms. The van der Waals surface area contributed by atoms with Gasteiger partial charge in [0.05, 0.1) is 6.42 Å². The van der Waals surface area contributed by atoms with E-state index in [0.717, 1.165) is 17.7 Å². The molecule has 0 spiro atoms. The number of hydrogen-bond acceptors (Lipinski definition) is 4. The van der Waals surface area contributed by atoms with E-state index in [1.807, 2.05) is 22.4 Å². The third-order valence-electron chi connectivity index (χ3n) is 4.56. The molecule has 0 radical (unpaired) electrons. The first-order valence-corrected chi connectivity index (χ1v) is 10.3. The Hall–Kier alpha value is -2.05. The number of thiophene rings is 1. The lowest BCUT2D eigenvalue weighted by Gasteiger charge is -2.33. The monoisotopic (exact) mass is 406 g/mol. The Balaban J connectivity index is 1.43. The number of ether oxygens (including phenoxy) is 1. The van der Waals surface area contributed by atoms with Gasteiger partial charge in [-0.15, -0.1) is 11.3 Å². The number of likely N-dealkylation sites (tertiary alicyclic amines) is 1. The van der Waals surface area contributed by atoms with Crippen LogP contribution in [0.4, 0.5) is 0 Å². The minimum atomic E-state index is -0.559. The van der Waals surface area contributed by atoms with Crippen molar-refractivity contribution in [3.63, 3.8) is 0 Å². The molecule has 144 valence electrons. The Morgan fingerprint density at radius 1 is 1.26 bits per heavy atom. The maximum absolute atomic E-state index is 12.6. The molecule has 1 unspecified atom stereocenters. The molecule has 1 aliphatic heterocycles. The highest BCUT2D eigenvalue weighted by Crippen LogP contribution is 2.19. The molecule has 1 aromatic carbocycles. The third kappa shape index (κ3) is 5.71. The fourth-order valence-electron chi connectivity index (χ4n) is 3.12. The molecule has 1 atom stereocenters. The van der Waals surface area contributed by atoms with Gasteiger partial charge >= 0.3 is 0 Å². The molecule has 1 aliphatic rings. The van der Waals surface area contributed by atoms with Gasteiger partial charge in [0.2, 0.25) is 5.91 Å². The quantitative estimate of drug-likeness (QED) is 0.798. The predicted octanol–water partition coefficient (Wildman–Crippen LogP) is 3.52. The summed E-state index contributed by atoms with van der Waals surface area (Å²) in [4.78, 5) is 27.6. The van der Waals surface area contributed by atoms with Gasteiger partial charge < -0.3 is 15.0 Å². The van der Waals surface area contributed by atoms with Crippen LogP contribution >= 0.6 is 22.9 Å². The molecule has 1 aromatic heterocycles. The summed E-state index contributed by atoms with van der Waals surface area (Å²) in [5, 5.41) is 5.68. The van der Waals surface area contributed by atoms with E-state index in [9.17, 15) is 9.59 Å². The maximum atomic E-state index is 12.6. The minimum absolute atomic E-state index is 0.0340. The predicted molar refractivity (Wildman–Crippen MR) is 107 cm³/mol. The molecule has 2 heterocycles. The molecule has 7 heteroatoms. The van der Waals surface area contributed by atoms with E-state index in [-0.39, 0.29) is 17.9 Å². The Morgan fingerprint density at radius 3 is 2.59 bits per heavy atom. The van der Waals surface area contributed by atoms with Gasteiger partial charge in [-0.05, 0) is 55.5 Å². The van der Waals surface area contributed by atoms with Crippen molar-refractivity contribution in [2.24, 2.45) is 0 Å². The van der Waals surface area contributed by atoms with Crippen LogP contribution < -0.4 is 10.1 Å². The van der Waals surface area contributed by atoms with Gasteiger partial charge in [-0.2, -0.15) is 0 Å². The smallest absolute Gasteiger partial charge is 0.263 e. The topological polar surface area (TPSA) is 58.6 Å². The van der Waals surface area contributed by atoms with E-state index < -0.39 is 6.10 Å². The second-order valence-electron chi connectivity index (χ2n) is 6.64. The summed E-state index contributed by atoms with van der Waals surface area (Å²) in [6.07, 6.45) is 1.38. The number of rotatable bonds is 6. The summed E-state index contributed by atoms with van der Waals surface area (Å²) in [5.41, 5.74) is 0. The normalized spacial score (nSPS) is 16.0. The summed E-state index contributed by atoms with van der Waals surface area (Å²) >= 11 is 7.45. The lowest BCUT2D eigenvalue weighted by Crippen LogP contribution is -2.49. The molecule has 0 aliphatic carbocycles. The van der Waals surface area contributed by atoms with Gasteiger partial charge in [0.1, 0.15) is 5.75 Å². The number of nitrogens with one attached hydrogen (secondary N) is 1. The molecule has 0 saturated carbocycles. The summed E-state index contributed by atoms with van der Waals surface area (Å²) < 4.78 is 5.72. The summed E-state index contributed by atoms with van der Waals surface area (Å²) in [6.45, 7) is 3.00. The number of carbonyl (C=O) groups is 2. The number of nitrogens with zero attached hydrogens (tertiary/aromatic N) is 1. The highest BCUT2D eigenvalue weighted by molar-refractivity contribution is 7.10. The van der Waals surface area contributed by atoms with Crippen LogP contribution in [0.1, 0.15) is 24.6 Å². The van der Waals surface area contributed by atoms with Crippen LogP contribution in [0.3, 0.4) is 0 Å². The van der Waals surface area contributed by atoms with E-state index in [2.05, 4.69) is 5.32 Å². The van der Waals surface area contributed by atoms with Crippen LogP contribution in [0.15, 0.2) is 41.8 Å². The van der Waals surface area contributed by atoms with Crippen molar-refractivity contribution >= 4 is 34.8 Å². The number of halogens is 1. The number of benzene rings is 1. The Labute approximate surface area is 168 Å². The molecule has 1 N–H and O–H groups in total. The van der Waals surface area contributed by atoms with Gasteiger partial charge in [0, 0.05) is 29.0 Å². The molecule has 3 rings (SSSR count). The highest BCUT2D eigenvalue weighted by Gasteiger charge is 2.27. The van der Waals surface area contributed by atoms with Gasteiger partial charge in [-0.1, -0.05) is 17.7 Å². The summed E-state index contributed by atoms with van der Waals surface area (Å²) in [7, 11) is 0. The van der Waals surface area contributed by atoms with Crippen molar-refractivity contribution in [3.8, 4) is 5.75 Å². The van der Waals surface area contributed by atoms with Crippen molar-refractivity contribution in [2.75, 3.05) is 13.1 Å². The largest absolute Gasteiger partial charge is 0.481 e. The summed E-state index contributed by atoms with van der Waals surface area (Å²) in [6, 6.07) is 11.0. The Morgan fingerprint density at radius 2 is 1.96 bits per heavy atom. The van der Waals surface area contributed by atoms with Crippen LogP contribution in [0.5, 0.6) is 5.75 Å². The second kappa shape index (κ2) is 9.24. The van der Waals surface area contributed by atoms with Crippen molar-refractivity contribution < 1.29 is 14.3 Å². The molecule has 2 amide bonds.